The molecule has 2 amide bonds. The Hall–Kier alpha value is -1.84. The summed E-state index contributed by atoms with van der Waals surface area (Å²) in [6.07, 6.45) is 4.28. The van der Waals surface area contributed by atoms with Gasteiger partial charge in [0.2, 0.25) is 11.8 Å². The third-order valence-electron chi connectivity index (χ3n) is 4.59. The zero-order valence-electron chi connectivity index (χ0n) is 12.3. The summed E-state index contributed by atoms with van der Waals surface area (Å²) in [6, 6.07) is 10.7. The molecular formula is C17H22N2O2. The number of carbonyl (C=O) groups is 2. The lowest BCUT2D eigenvalue weighted by Crippen LogP contribution is -2.46. The molecule has 4 heteroatoms. The number of nitrogens with zero attached hydrogens (tertiary/aromatic N) is 1. The lowest BCUT2D eigenvalue weighted by Gasteiger charge is -2.30. The van der Waals surface area contributed by atoms with Gasteiger partial charge in [-0.1, -0.05) is 30.3 Å². The van der Waals surface area contributed by atoms with Gasteiger partial charge in [-0.05, 0) is 31.2 Å². The van der Waals surface area contributed by atoms with Gasteiger partial charge >= 0.3 is 0 Å². The van der Waals surface area contributed by atoms with Gasteiger partial charge in [0.15, 0.2) is 0 Å². The highest BCUT2D eigenvalue weighted by Gasteiger charge is 2.34. The SMILES string of the molecule is O=C1CC[C@H](C(=O)N2CCC[C@@H]2Cc2ccccc2)CN1. The lowest BCUT2D eigenvalue weighted by atomic mass is 9.96. The fourth-order valence-electron chi connectivity index (χ4n) is 3.40. The van der Waals surface area contributed by atoms with Gasteiger partial charge in [-0.2, -0.15) is 0 Å². The molecule has 2 atom stereocenters. The second-order valence-electron chi connectivity index (χ2n) is 6.06. The minimum Gasteiger partial charge on any atom is -0.355 e. The van der Waals surface area contributed by atoms with E-state index in [9.17, 15) is 9.59 Å². The summed E-state index contributed by atoms with van der Waals surface area (Å²) in [5, 5.41) is 2.81. The minimum absolute atomic E-state index is 0.0286. The zero-order chi connectivity index (χ0) is 14.7. The minimum atomic E-state index is -0.0286. The topological polar surface area (TPSA) is 49.4 Å². The van der Waals surface area contributed by atoms with Gasteiger partial charge in [-0.25, -0.2) is 0 Å². The molecule has 0 spiro atoms. The van der Waals surface area contributed by atoms with Gasteiger partial charge in [0.25, 0.3) is 0 Å². The van der Waals surface area contributed by atoms with E-state index in [0.29, 0.717) is 25.4 Å². The highest BCUT2D eigenvalue weighted by molar-refractivity contribution is 5.84. The Morgan fingerprint density at radius 3 is 2.76 bits per heavy atom. The van der Waals surface area contributed by atoms with Crippen LogP contribution in [0, 0.1) is 5.92 Å². The molecule has 1 aromatic carbocycles. The molecule has 4 nitrogen and oxygen atoms in total. The van der Waals surface area contributed by atoms with Crippen LogP contribution in [-0.4, -0.2) is 35.8 Å². The van der Waals surface area contributed by atoms with Crippen molar-refractivity contribution in [1.82, 2.24) is 10.2 Å². The molecular weight excluding hydrogens is 264 g/mol. The molecule has 0 aliphatic carbocycles. The van der Waals surface area contributed by atoms with Crippen LogP contribution in [0.25, 0.3) is 0 Å². The van der Waals surface area contributed by atoms with Gasteiger partial charge in [0.1, 0.15) is 0 Å². The highest BCUT2D eigenvalue weighted by Crippen LogP contribution is 2.25. The molecule has 1 N–H and O–H groups in total. The van der Waals surface area contributed by atoms with Crippen molar-refractivity contribution in [3.05, 3.63) is 35.9 Å². The Bertz CT molecular complexity index is 505. The third kappa shape index (κ3) is 3.26. The van der Waals surface area contributed by atoms with Crippen LogP contribution < -0.4 is 5.32 Å². The van der Waals surface area contributed by atoms with Crippen molar-refractivity contribution < 1.29 is 9.59 Å². The van der Waals surface area contributed by atoms with Crippen molar-refractivity contribution in [3.8, 4) is 0 Å². The predicted octanol–water partition coefficient (Wildman–Crippen LogP) is 1.75. The first-order valence-corrected chi connectivity index (χ1v) is 7.85. The van der Waals surface area contributed by atoms with E-state index in [1.807, 2.05) is 18.2 Å². The molecule has 2 aliphatic rings. The first kappa shape index (κ1) is 14.1. The van der Waals surface area contributed by atoms with E-state index in [0.717, 1.165) is 25.8 Å². The van der Waals surface area contributed by atoms with Crippen LogP contribution in [0.3, 0.4) is 0 Å². The number of hydrogen-bond donors (Lipinski definition) is 1. The second kappa shape index (κ2) is 6.29. The van der Waals surface area contributed by atoms with E-state index in [1.165, 1.54) is 5.56 Å². The molecule has 1 aromatic rings. The van der Waals surface area contributed by atoms with Crippen molar-refractivity contribution in [3.63, 3.8) is 0 Å². The van der Waals surface area contributed by atoms with E-state index < -0.39 is 0 Å². The second-order valence-corrected chi connectivity index (χ2v) is 6.06. The Labute approximate surface area is 125 Å². The van der Waals surface area contributed by atoms with Crippen molar-refractivity contribution in [1.29, 1.82) is 0 Å². The molecule has 3 rings (SSSR count). The van der Waals surface area contributed by atoms with E-state index in [2.05, 4.69) is 22.3 Å². The Morgan fingerprint density at radius 2 is 2.05 bits per heavy atom. The van der Waals surface area contributed by atoms with Crippen LogP contribution in [0.2, 0.25) is 0 Å². The van der Waals surface area contributed by atoms with Crippen LogP contribution in [0.5, 0.6) is 0 Å². The van der Waals surface area contributed by atoms with E-state index in [-0.39, 0.29) is 17.7 Å². The number of amides is 2. The monoisotopic (exact) mass is 286 g/mol. The quantitative estimate of drug-likeness (QED) is 0.920. The number of nitrogens with one attached hydrogen (secondary N) is 1. The highest BCUT2D eigenvalue weighted by atomic mass is 16.2. The van der Waals surface area contributed by atoms with Gasteiger partial charge in [0, 0.05) is 25.6 Å². The standard InChI is InChI=1S/C17H22N2O2/c20-16-9-8-14(12-18-16)17(21)19-10-4-7-15(19)11-13-5-2-1-3-6-13/h1-3,5-6,14-15H,4,7-12H2,(H,18,20)/t14-,15+/m0/s1. The number of benzene rings is 1. The number of carbonyl (C=O) groups excluding carboxylic acids is 2. The summed E-state index contributed by atoms with van der Waals surface area (Å²) in [6.45, 7) is 1.37. The van der Waals surface area contributed by atoms with Gasteiger partial charge in [0.05, 0.1) is 5.92 Å². The first-order valence-electron chi connectivity index (χ1n) is 7.85. The average molecular weight is 286 g/mol. The maximum Gasteiger partial charge on any atom is 0.227 e. The average Bonchev–Trinajstić information content (AvgIpc) is 2.96. The van der Waals surface area contributed by atoms with Gasteiger partial charge in [-0.15, -0.1) is 0 Å². The lowest BCUT2D eigenvalue weighted by molar-refractivity contribution is -0.138. The van der Waals surface area contributed by atoms with E-state index in [4.69, 9.17) is 0 Å². The summed E-state index contributed by atoms with van der Waals surface area (Å²) in [5.74, 6) is 0.272. The Morgan fingerprint density at radius 1 is 1.24 bits per heavy atom. The number of piperidine rings is 1. The summed E-state index contributed by atoms with van der Waals surface area (Å²) in [5.41, 5.74) is 1.29. The van der Waals surface area contributed by atoms with Crippen molar-refractivity contribution in [2.75, 3.05) is 13.1 Å². The van der Waals surface area contributed by atoms with Crippen molar-refractivity contribution in [2.45, 2.75) is 38.1 Å². The largest absolute Gasteiger partial charge is 0.355 e. The molecule has 112 valence electrons. The molecule has 0 saturated carbocycles. The van der Waals surface area contributed by atoms with Gasteiger partial charge in [-0.3, -0.25) is 9.59 Å². The summed E-state index contributed by atoms with van der Waals surface area (Å²) >= 11 is 0. The number of rotatable bonds is 3. The molecule has 0 aromatic heterocycles. The molecule has 2 heterocycles. The zero-order valence-corrected chi connectivity index (χ0v) is 12.3. The maximum atomic E-state index is 12.7. The number of likely N-dealkylation sites (tertiary alicyclic amines) is 1. The molecule has 2 saturated heterocycles. The van der Waals surface area contributed by atoms with Crippen LogP contribution in [0.1, 0.15) is 31.2 Å². The maximum absolute atomic E-state index is 12.7. The Kier molecular flexibility index (Phi) is 4.23. The molecule has 0 bridgehead atoms. The van der Waals surface area contributed by atoms with Crippen molar-refractivity contribution >= 4 is 11.8 Å². The molecule has 0 unspecified atom stereocenters. The molecule has 2 fully saturated rings. The number of hydrogen-bond acceptors (Lipinski definition) is 2. The molecule has 2 aliphatic heterocycles. The van der Waals surface area contributed by atoms with Crippen LogP contribution >= 0.6 is 0 Å². The summed E-state index contributed by atoms with van der Waals surface area (Å²) < 4.78 is 0. The van der Waals surface area contributed by atoms with E-state index >= 15 is 0 Å². The third-order valence-corrected chi connectivity index (χ3v) is 4.59. The van der Waals surface area contributed by atoms with Gasteiger partial charge < -0.3 is 10.2 Å². The molecule has 21 heavy (non-hydrogen) atoms. The van der Waals surface area contributed by atoms with Crippen LogP contribution in [0.4, 0.5) is 0 Å². The fraction of sp³-hybridized carbons (Fsp3) is 0.529. The first-order chi connectivity index (χ1) is 10.2. The van der Waals surface area contributed by atoms with Crippen LogP contribution in [0.15, 0.2) is 30.3 Å². The van der Waals surface area contributed by atoms with Crippen molar-refractivity contribution in [2.24, 2.45) is 5.92 Å². The predicted molar refractivity (Wildman–Crippen MR) is 80.6 cm³/mol. The normalized spacial score (nSPS) is 25.7. The smallest absolute Gasteiger partial charge is 0.227 e. The summed E-state index contributed by atoms with van der Waals surface area (Å²) in [7, 11) is 0. The fourth-order valence-corrected chi connectivity index (χ4v) is 3.40. The molecule has 0 radical (unpaired) electrons. The van der Waals surface area contributed by atoms with Crippen LogP contribution in [-0.2, 0) is 16.0 Å². The summed E-state index contributed by atoms with van der Waals surface area (Å²) in [4.78, 5) is 26.0. The van der Waals surface area contributed by atoms with E-state index in [1.54, 1.807) is 0 Å². The Balaban J connectivity index is 1.63.